The van der Waals surface area contributed by atoms with Gasteiger partial charge in [0, 0.05) is 24.4 Å². The lowest BCUT2D eigenvalue weighted by atomic mass is 9.92. The molecule has 0 aromatic carbocycles. The highest BCUT2D eigenvalue weighted by molar-refractivity contribution is 7.12. The van der Waals surface area contributed by atoms with Crippen molar-refractivity contribution in [2.45, 2.75) is 12.0 Å². The van der Waals surface area contributed by atoms with Gasteiger partial charge < -0.3 is 10.4 Å². The molecule has 2 heterocycles. The predicted octanol–water partition coefficient (Wildman–Crippen LogP) is 0.497. The molecule has 0 unspecified atom stereocenters. The maximum absolute atomic E-state index is 9.81. The monoisotopic (exact) mass is 194 g/mol. The Morgan fingerprint density at radius 2 is 2.38 bits per heavy atom. The zero-order valence-electron chi connectivity index (χ0n) is 7.08. The second-order valence-electron chi connectivity index (χ2n) is 3.38. The first kappa shape index (κ1) is 8.70. The van der Waals surface area contributed by atoms with Crippen LogP contribution in [0.4, 0.5) is 0 Å². The van der Waals surface area contributed by atoms with Crippen molar-refractivity contribution in [3.05, 3.63) is 21.9 Å². The van der Waals surface area contributed by atoms with Crippen LogP contribution in [0.1, 0.15) is 9.75 Å². The van der Waals surface area contributed by atoms with Gasteiger partial charge in [-0.2, -0.15) is 5.26 Å². The van der Waals surface area contributed by atoms with Crippen LogP contribution in [0.3, 0.4) is 0 Å². The minimum atomic E-state index is -0.572. The average Bonchev–Trinajstić information content (AvgIpc) is 2.49. The molecule has 0 spiro atoms. The van der Waals surface area contributed by atoms with Gasteiger partial charge in [0.25, 0.3) is 0 Å². The Bertz CT molecular complexity index is 349. The number of β-amino-alcohol motifs (C(OH)–C–C–N with tert-alkyl or cyclic N) is 1. The van der Waals surface area contributed by atoms with E-state index in [1.807, 2.05) is 6.07 Å². The standard InChI is InChI=1S/C9H10N2OS/c10-4-8-2-1-7(13-8)3-9(12)5-11-6-9/h1-2,11-12H,3,5-6H2. The Morgan fingerprint density at radius 1 is 1.62 bits per heavy atom. The topological polar surface area (TPSA) is 56.0 Å². The highest BCUT2D eigenvalue weighted by Crippen LogP contribution is 2.23. The number of nitriles is 1. The highest BCUT2D eigenvalue weighted by atomic mass is 32.1. The van der Waals surface area contributed by atoms with Crippen molar-refractivity contribution >= 4 is 11.3 Å². The molecule has 2 N–H and O–H groups in total. The quantitative estimate of drug-likeness (QED) is 0.720. The first-order valence-corrected chi connectivity index (χ1v) is 4.95. The minimum absolute atomic E-state index is 0.572. The van der Waals surface area contributed by atoms with E-state index < -0.39 is 5.60 Å². The second-order valence-corrected chi connectivity index (χ2v) is 4.55. The van der Waals surface area contributed by atoms with E-state index in [4.69, 9.17) is 5.26 Å². The van der Waals surface area contributed by atoms with Crippen LogP contribution in [-0.4, -0.2) is 23.8 Å². The number of aliphatic hydroxyl groups is 1. The first-order valence-electron chi connectivity index (χ1n) is 4.14. The third-order valence-corrected chi connectivity index (χ3v) is 3.17. The lowest BCUT2D eigenvalue weighted by Gasteiger charge is -2.37. The summed E-state index contributed by atoms with van der Waals surface area (Å²) in [6.45, 7) is 1.32. The molecular formula is C9H10N2OS. The van der Waals surface area contributed by atoms with E-state index in [0.29, 0.717) is 24.4 Å². The summed E-state index contributed by atoms with van der Waals surface area (Å²) in [5.41, 5.74) is -0.572. The zero-order chi connectivity index (χ0) is 9.31. The fraction of sp³-hybridized carbons (Fsp3) is 0.444. The number of nitrogens with zero attached hydrogens (tertiary/aromatic N) is 1. The van der Waals surface area contributed by atoms with Gasteiger partial charge in [-0.1, -0.05) is 0 Å². The molecule has 1 aliphatic heterocycles. The molecule has 0 bridgehead atoms. The number of hydrogen-bond donors (Lipinski definition) is 2. The average molecular weight is 194 g/mol. The van der Waals surface area contributed by atoms with Crippen molar-refractivity contribution in [2.24, 2.45) is 0 Å². The summed E-state index contributed by atoms with van der Waals surface area (Å²) in [5.74, 6) is 0. The van der Waals surface area contributed by atoms with Gasteiger partial charge in [0.05, 0.1) is 5.60 Å². The molecule has 1 aromatic rings. The predicted molar refractivity (Wildman–Crippen MR) is 50.6 cm³/mol. The summed E-state index contributed by atoms with van der Waals surface area (Å²) in [6.07, 6.45) is 0.659. The molecular weight excluding hydrogens is 184 g/mol. The van der Waals surface area contributed by atoms with Gasteiger partial charge in [-0.05, 0) is 12.1 Å². The van der Waals surface area contributed by atoms with Gasteiger partial charge in [0.15, 0.2) is 0 Å². The van der Waals surface area contributed by atoms with Crippen LogP contribution in [0.15, 0.2) is 12.1 Å². The lowest BCUT2D eigenvalue weighted by molar-refractivity contribution is -0.00833. The molecule has 4 heteroatoms. The molecule has 1 aliphatic rings. The summed E-state index contributed by atoms with van der Waals surface area (Å²) in [7, 11) is 0. The SMILES string of the molecule is N#Cc1ccc(CC2(O)CNC2)s1. The van der Waals surface area contributed by atoms with E-state index in [-0.39, 0.29) is 0 Å². The Balaban J connectivity index is 2.06. The Hall–Kier alpha value is -0.890. The molecule has 0 aliphatic carbocycles. The maximum Gasteiger partial charge on any atom is 0.110 e. The fourth-order valence-electron chi connectivity index (χ4n) is 1.40. The molecule has 1 saturated heterocycles. The molecule has 0 saturated carbocycles. The van der Waals surface area contributed by atoms with E-state index in [1.165, 1.54) is 11.3 Å². The maximum atomic E-state index is 9.81. The summed E-state index contributed by atoms with van der Waals surface area (Å²) in [4.78, 5) is 1.80. The highest BCUT2D eigenvalue weighted by Gasteiger charge is 2.34. The van der Waals surface area contributed by atoms with Crippen LogP contribution >= 0.6 is 11.3 Å². The van der Waals surface area contributed by atoms with E-state index >= 15 is 0 Å². The Labute approximate surface area is 80.6 Å². The van der Waals surface area contributed by atoms with Gasteiger partial charge in [-0.3, -0.25) is 0 Å². The Morgan fingerprint density at radius 3 is 2.85 bits per heavy atom. The van der Waals surface area contributed by atoms with Gasteiger partial charge in [0.1, 0.15) is 10.9 Å². The third kappa shape index (κ3) is 1.73. The smallest absolute Gasteiger partial charge is 0.110 e. The van der Waals surface area contributed by atoms with Crippen LogP contribution < -0.4 is 5.32 Å². The van der Waals surface area contributed by atoms with Gasteiger partial charge in [-0.15, -0.1) is 11.3 Å². The van der Waals surface area contributed by atoms with Gasteiger partial charge in [-0.25, -0.2) is 0 Å². The molecule has 0 radical (unpaired) electrons. The van der Waals surface area contributed by atoms with E-state index in [0.717, 1.165) is 4.88 Å². The van der Waals surface area contributed by atoms with Crippen molar-refractivity contribution in [1.82, 2.24) is 5.32 Å². The molecule has 13 heavy (non-hydrogen) atoms. The van der Waals surface area contributed by atoms with Gasteiger partial charge >= 0.3 is 0 Å². The Kier molecular flexibility index (Phi) is 2.08. The van der Waals surface area contributed by atoms with Crippen molar-refractivity contribution in [1.29, 1.82) is 5.26 Å². The third-order valence-electron chi connectivity index (χ3n) is 2.18. The summed E-state index contributed by atoms with van der Waals surface area (Å²) >= 11 is 1.46. The fourth-order valence-corrected chi connectivity index (χ4v) is 2.34. The van der Waals surface area contributed by atoms with Crippen molar-refractivity contribution in [3.63, 3.8) is 0 Å². The lowest BCUT2D eigenvalue weighted by Crippen LogP contribution is -2.60. The van der Waals surface area contributed by atoms with Crippen LogP contribution in [-0.2, 0) is 6.42 Å². The molecule has 1 aromatic heterocycles. The molecule has 2 rings (SSSR count). The molecule has 68 valence electrons. The summed E-state index contributed by atoms with van der Waals surface area (Å²) in [6, 6.07) is 5.81. The number of nitrogens with one attached hydrogen (secondary N) is 1. The normalized spacial score (nSPS) is 19.1. The van der Waals surface area contributed by atoms with Crippen molar-refractivity contribution in [2.75, 3.05) is 13.1 Å². The van der Waals surface area contributed by atoms with E-state index in [1.54, 1.807) is 6.07 Å². The summed E-state index contributed by atoms with van der Waals surface area (Å²) < 4.78 is 0. The largest absolute Gasteiger partial charge is 0.387 e. The number of thiophene rings is 1. The number of hydrogen-bond acceptors (Lipinski definition) is 4. The summed E-state index contributed by atoms with van der Waals surface area (Å²) in [5, 5.41) is 21.4. The molecule has 0 atom stereocenters. The van der Waals surface area contributed by atoms with Crippen molar-refractivity contribution in [3.8, 4) is 6.07 Å². The first-order chi connectivity index (χ1) is 6.22. The van der Waals surface area contributed by atoms with Crippen LogP contribution in [0, 0.1) is 11.3 Å². The molecule has 1 fully saturated rings. The van der Waals surface area contributed by atoms with Crippen LogP contribution in [0.2, 0.25) is 0 Å². The van der Waals surface area contributed by atoms with E-state index in [9.17, 15) is 5.11 Å². The van der Waals surface area contributed by atoms with Crippen LogP contribution in [0.5, 0.6) is 0 Å². The number of rotatable bonds is 2. The van der Waals surface area contributed by atoms with Crippen molar-refractivity contribution < 1.29 is 5.11 Å². The van der Waals surface area contributed by atoms with E-state index in [2.05, 4.69) is 11.4 Å². The zero-order valence-corrected chi connectivity index (χ0v) is 7.90. The molecule has 3 nitrogen and oxygen atoms in total. The van der Waals surface area contributed by atoms with Crippen LogP contribution in [0.25, 0.3) is 0 Å². The minimum Gasteiger partial charge on any atom is -0.387 e. The molecule has 0 amide bonds. The van der Waals surface area contributed by atoms with Gasteiger partial charge in [0.2, 0.25) is 0 Å². The second kappa shape index (κ2) is 3.11.